The van der Waals surface area contributed by atoms with Crippen molar-refractivity contribution in [3.63, 3.8) is 0 Å². The Morgan fingerprint density at radius 3 is 2.45 bits per heavy atom. The first-order valence-corrected chi connectivity index (χ1v) is 11.1. The summed E-state index contributed by atoms with van der Waals surface area (Å²) in [4.78, 5) is 12.7. The van der Waals surface area contributed by atoms with E-state index in [2.05, 4.69) is 10.4 Å². The van der Waals surface area contributed by atoms with Crippen LogP contribution in [0.3, 0.4) is 0 Å². The van der Waals surface area contributed by atoms with Gasteiger partial charge in [0.1, 0.15) is 5.82 Å². The lowest BCUT2D eigenvalue weighted by molar-refractivity contribution is 0.102. The maximum Gasteiger partial charge on any atom is 0.276 e. The predicted octanol–water partition coefficient (Wildman–Crippen LogP) is 3.61. The standard InChI is InChI=1S/C21H20FN3O3S/c1-14-2-4-15(5-3-14)20-12-19(21(26)23-17-8-6-16(22)7-9-17)24-25(20)18-10-11-29(27,28)13-18/h2-9,12,18H,10-11,13H2,1H3,(H,23,26). The Morgan fingerprint density at radius 1 is 1.14 bits per heavy atom. The topological polar surface area (TPSA) is 81.1 Å². The molecule has 1 aliphatic heterocycles. The van der Waals surface area contributed by atoms with Gasteiger partial charge in [0, 0.05) is 5.69 Å². The van der Waals surface area contributed by atoms with Crippen molar-refractivity contribution in [2.24, 2.45) is 0 Å². The molecule has 1 aromatic heterocycles. The van der Waals surface area contributed by atoms with Gasteiger partial charge >= 0.3 is 0 Å². The van der Waals surface area contributed by atoms with E-state index in [0.29, 0.717) is 17.8 Å². The minimum Gasteiger partial charge on any atom is -0.321 e. The van der Waals surface area contributed by atoms with Gasteiger partial charge in [0.05, 0.1) is 23.2 Å². The molecule has 1 unspecified atom stereocenters. The maximum absolute atomic E-state index is 13.1. The average Bonchev–Trinajstić information content (AvgIpc) is 3.28. The first kappa shape index (κ1) is 19.3. The molecule has 1 fully saturated rings. The molecule has 150 valence electrons. The second kappa shape index (κ2) is 7.44. The van der Waals surface area contributed by atoms with Crippen LogP contribution >= 0.6 is 0 Å². The summed E-state index contributed by atoms with van der Waals surface area (Å²) in [5.74, 6) is -0.713. The molecule has 0 radical (unpaired) electrons. The number of aryl methyl sites for hydroxylation is 1. The minimum atomic E-state index is -3.11. The van der Waals surface area contributed by atoms with E-state index in [0.717, 1.165) is 11.1 Å². The summed E-state index contributed by atoms with van der Waals surface area (Å²) in [7, 11) is -3.11. The van der Waals surface area contributed by atoms with Gasteiger partial charge in [-0.25, -0.2) is 12.8 Å². The summed E-state index contributed by atoms with van der Waals surface area (Å²) in [6, 6.07) is 14.6. The Hall–Kier alpha value is -3.00. The maximum atomic E-state index is 13.1. The van der Waals surface area contributed by atoms with Gasteiger partial charge in [-0.2, -0.15) is 5.10 Å². The highest BCUT2D eigenvalue weighted by molar-refractivity contribution is 7.91. The number of carbonyl (C=O) groups excluding carboxylic acids is 1. The lowest BCUT2D eigenvalue weighted by atomic mass is 10.1. The number of sulfone groups is 1. The lowest BCUT2D eigenvalue weighted by Crippen LogP contribution is -2.16. The van der Waals surface area contributed by atoms with Gasteiger partial charge < -0.3 is 5.32 Å². The summed E-state index contributed by atoms with van der Waals surface area (Å²) in [5.41, 5.74) is 3.27. The number of nitrogens with zero attached hydrogens (tertiary/aromatic N) is 2. The zero-order chi connectivity index (χ0) is 20.6. The molecule has 2 aromatic carbocycles. The number of halogens is 1. The molecule has 1 amide bonds. The molecule has 0 bridgehead atoms. The van der Waals surface area contributed by atoms with E-state index in [4.69, 9.17) is 0 Å². The van der Waals surface area contributed by atoms with Crippen LogP contribution in [0.25, 0.3) is 11.3 Å². The van der Waals surface area contributed by atoms with E-state index in [1.54, 1.807) is 10.7 Å². The number of benzene rings is 2. The minimum absolute atomic E-state index is 0.00651. The van der Waals surface area contributed by atoms with Gasteiger partial charge in [0.25, 0.3) is 5.91 Å². The Balaban J connectivity index is 1.69. The molecular weight excluding hydrogens is 393 g/mol. The van der Waals surface area contributed by atoms with Crippen molar-refractivity contribution >= 4 is 21.4 Å². The largest absolute Gasteiger partial charge is 0.321 e. The molecule has 0 saturated carbocycles. The van der Waals surface area contributed by atoms with E-state index in [-0.39, 0.29) is 23.2 Å². The average molecular weight is 413 g/mol. The fourth-order valence-corrected chi connectivity index (χ4v) is 5.11. The number of hydrogen-bond donors (Lipinski definition) is 1. The number of anilines is 1. The van der Waals surface area contributed by atoms with Crippen molar-refractivity contribution in [2.45, 2.75) is 19.4 Å². The number of rotatable bonds is 4. The van der Waals surface area contributed by atoms with Crippen molar-refractivity contribution in [2.75, 3.05) is 16.8 Å². The molecule has 8 heteroatoms. The van der Waals surface area contributed by atoms with Crippen LogP contribution < -0.4 is 5.32 Å². The van der Waals surface area contributed by atoms with Gasteiger partial charge in [-0.05, 0) is 49.2 Å². The van der Waals surface area contributed by atoms with Crippen LogP contribution in [0, 0.1) is 12.7 Å². The third kappa shape index (κ3) is 4.22. The number of amides is 1. The van der Waals surface area contributed by atoms with Crippen molar-refractivity contribution in [1.29, 1.82) is 0 Å². The van der Waals surface area contributed by atoms with Crippen LogP contribution in [0.1, 0.15) is 28.5 Å². The molecule has 29 heavy (non-hydrogen) atoms. The molecule has 6 nitrogen and oxygen atoms in total. The zero-order valence-corrected chi connectivity index (χ0v) is 16.6. The van der Waals surface area contributed by atoms with E-state index in [1.165, 1.54) is 24.3 Å². The highest BCUT2D eigenvalue weighted by Crippen LogP contribution is 2.30. The van der Waals surface area contributed by atoms with E-state index in [1.807, 2.05) is 31.2 Å². The summed E-state index contributed by atoms with van der Waals surface area (Å²) in [6.07, 6.45) is 0.460. The predicted molar refractivity (Wildman–Crippen MR) is 109 cm³/mol. The van der Waals surface area contributed by atoms with Crippen LogP contribution in [-0.4, -0.2) is 35.6 Å². The smallest absolute Gasteiger partial charge is 0.276 e. The molecule has 1 aliphatic rings. The first-order chi connectivity index (χ1) is 13.8. The molecular formula is C21H20FN3O3S. The number of carbonyl (C=O) groups is 1. The Bertz CT molecular complexity index is 1150. The van der Waals surface area contributed by atoms with Crippen LogP contribution in [0.4, 0.5) is 10.1 Å². The Labute approximate surface area is 168 Å². The molecule has 1 saturated heterocycles. The van der Waals surface area contributed by atoms with Crippen LogP contribution in [-0.2, 0) is 9.84 Å². The van der Waals surface area contributed by atoms with E-state index in [9.17, 15) is 17.6 Å². The highest BCUT2D eigenvalue weighted by Gasteiger charge is 2.32. The fourth-order valence-electron chi connectivity index (χ4n) is 3.42. The van der Waals surface area contributed by atoms with Gasteiger partial charge in [0.2, 0.25) is 0 Å². The van der Waals surface area contributed by atoms with Crippen molar-refractivity contribution in [3.8, 4) is 11.3 Å². The summed E-state index contributed by atoms with van der Waals surface area (Å²) in [6.45, 7) is 1.98. The van der Waals surface area contributed by atoms with Crippen LogP contribution in [0.2, 0.25) is 0 Å². The van der Waals surface area contributed by atoms with Gasteiger partial charge in [-0.3, -0.25) is 9.48 Å². The fraction of sp³-hybridized carbons (Fsp3) is 0.238. The van der Waals surface area contributed by atoms with Gasteiger partial charge in [-0.15, -0.1) is 0 Å². The second-order valence-electron chi connectivity index (χ2n) is 7.24. The third-order valence-electron chi connectivity index (χ3n) is 4.97. The van der Waals surface area contributed by atoms with Gasteiger partial charge in [-0.1, -0.05) is 29.8 Å². The van der Waals surface area contributed by atoms with Crippen LogP contribution in [0.15, 0.2) is 54.6 Å². The highest BCUT2D eigenvalue weighted by atomic mass is 32.2. The van der Waals surface area contributed by atoms with E-state index < -0.39 is 21.6 Å². The zero-order valence-electron chi connectivity index (χ0n) is 15.8. The monoisotopic (exact) mass is 413 g/mol. The van der Waals surface area contributed by atoms with Crippen molar-refractivity contribution in [3.05, 3.63) is 71.7 Å². The van der Waals surface area contributed by atoms with Crippen molar-refractivity contribution in [1.82, 2.24) is 9.78 Å². The molecule has 0 aliphatic carbocycles. The summed E-state index contributed by atoms with van der Waals surface area (Å²) >= 11 is 0. The number of aromatic nitrogens is 2. The Kier molecular flexibility index (Phi) is 4.96. The number of nitrogens with one attached hydrogen (secondary N) is 1. The van der Waals surface area contributed by atoms with Gasteiger partial charge in [0.15, 0.2) is 15.5 Å². The van der Waals surface area contributed by atoms with E-state index >= 15 is 0 Å². The molecule has 1 atom stereocenters. The molecule has 0 spiro atoms. The molecule has 4 rings (SSSR count). The molecule has 2 heterocycles. The SMILES string of the molecule is Cc1ccc(-c2cc(C(=O)Nc3ccc(F)cc3)nn2C2CCS(=O)(=O)C2)cc1. The molecule has 3 aromatic rings. The second-order valence-corrected chi connectivity index (χ2v) is 9.47. The summed E-state index contributed by atoms with van der Waals surface area (Å²) in [5, 5.41) is 7.13. The quantitative estimate of drug-likeness (QED) is 0.709. The first-order valence-electron chi connectivity index (χ1n) is 9.25. The van der Waals surface area contributed by atoms with Crippen molar-refractivity contribution < 1.29 is 17.6 Å². The van der Waals surface area contributed by atoms with Crippen LogP contribution in [0.5, 0.6) is 0 Å². The number of hydrogen-bond acceptors (Lipinski definition) is 4. The normalized spacial score (nSPS) is 17.9. The third-order valence-corrected chi connectivity index (χ3v) is 6.72. The lowest BCUT2D eigenvalue weighted by Gasteiger charge is -2.13. The summed E-state index contributed by atoms with van der Waals surface area (Å²) < 4.78 is 38.7. The molecule has 1 N–H and O–H groups in total. The Morgan fingerprint density at radius 2 is 1.83 bits per heavy atom.